The van der Waals surface area contributed by atoms with Crippen molar-refractivity contribution in [2.45, 2.75) is 0 Å². The molecule has 0 amide bonds. The third kappa shape index (κ3) is 4.47. The van der Waals surface area contributed by atoms with Crippen molar-refractivity contribution in [3.8, 4) is 0 Å². The fraction of sp³-hybridized carbons (Fsp3) is 0.250. The van der Waals surface area contributed by atoms with Gasteiger partial charge in [-0.25, -0.2) is 0 Å². The number of para-hydroxylation sites is 1. The van der Waals surface area contributed by atoms with Crippen molar-refractivity contribution < 1.29 is 12.3 Å². The zero-order valence-corrected chi connectivity index (χ0v) is 7.72. The molecule has 0 spiro atoms. The molecule has 0 radical (unpaired) electrons. The fourth-order valence-corrected chi connectivity index (χ4v) is 1.22. The molecule has 1 N–H and O–H groups in total. The van der Waals surface area contributed by atoms with E-state index in [0.717, 1.165) is 5.69 Å². The van der Waals surface area contributed by atoms with Gasteiger partial charge in [0.1, 0.15) is 0 Å². The zero-order chi connectivity index (χ0) is 9.73. The van der Waals surface area contributed by atoms with Crippen LogP contribution in [0.2, 0.25) is 0 Å². The molecule has 0 unspecified atom stereocenters. The van der Waals surface area contributed by atoms with Gasteiger partial charge in [0.25, 0.3) is 0 Å². The molecular formula is C8H10FNO2S. The molecule has 0 saturated carbocycles. The van der Waals surface area contributed by atoms with Gasteiger partial charge in [-0.3, -0.25) is 0 Å². The highest BCUT2D eigenvalue weighted by molar-refractivity contribution is 7.86. The Morgan fingerprint density at radius 3 is 2.38 bits per heavy atom. The summed E-state index contributed by atoms with van der Waals surface area (Å²) in [5.74, 6) is -0.498. The second-order valence-electron chi connectivity index (χ2n) is 2.54. The third-order valence-corrected chi connectivity index (χ3v) is 2.14. The molecule has 0 aromatic heterocycles. The molecule has 72 valence electrons. The van der Waals surface area contributed by atoms with Crippen LogP contribution in [0.15, 0.2) is 30.3 Å². The number of anilines is 1. The van der Waals surface area contributed by atoms with Crippen LogP contribution in [0.1, 0.15) is 0 Å². The van der Waals surface area contributed by atoms with Crippen molar-refractivity contribution in [1.82, 2.24) is 0 Å². The SMILES string of the molecule is O=S(=O)(F)CCNc1ccccc1. The maximum absolute atomic E-state index is 12.0. The van der Waals surface area contributed by atoms with Crippen LogP contribution >= 0.6 is 0 Å². The first-order chi connectivity index (χ1) is 6.08. The Morgan fingerprint density at radius 2 is 1.85 bits per heavy atom. The molecule has 1 rings (SSSR count). The normalized spacial score (nSPS) is 11.2. The van der Waals surface area contributed by atoms with Crippen LogP contribution in [-0.4, -0.2) is 20.7 Å². The van der Waals surface area contributed by atoms with Crippen molar-refractivity contribution in [2.24, 2.45) is 0 Å². The number of hydrogen-bond acceptors (Lipinski definition) is 3. The lowest BCUT2D eigenvalue weighted by molar-refractivity contribution is 0.552. The lowest BCUT2D eigenvalue weighted by Crippen LogP contribution is -2.11. The Morgan fingerprint density at radius 1 is 1.23 bits per heavy atom. The maximum atomic E-state index is 12.0. The van der Waals surface area contributed by atoms with Gasteiger partial charge in [0.05, 0.1) is 5.75 Å². The first-order valence-electron chi connectivity index (χ1n) is 3.79. The Hall–Kier alpha value is -1.10. The molecule has 0 atom stereocenters. The molecular weight excluding hydrogens is 193 g/mol. The molecule has 0 aliphatic rings. The van der Waals surface area contributed by atoms with E-state index in [1.54, 1.807) is 12.1 Å². The summed E-state index contributed by atoms with van der Waals surface area (Å²) in [5.41, 5.74) is 0.783. The Labute approximate surface area is 76.8 Å². The monoisotopic (exact) mass is 203 g/mol. The standard InChI is InChI=1S/C8H10FNO2S/c9-13(11,12)7-6-10-8-4-2-1-3-5-8/h1-5,10H,6-7H2. The van der Waals surface area contributed by atoms with E-state index in [9.17, 15) is 12.3 Å². The first-order valence-corrected chi connectivity index (χ1v) is 5.34. The third-order valence-electron chi connectivity index (χ3n) is 1.45. The largest absolute Gasteiger partial charge is 0.384 e. The molecule has 0 aliphatic heterocycles. The minimum atomic E-state index is -4.36. The van der Waals surface area contributed by atoms with Gasteiger partial charge >= 0.3 is 10.2 Å². The quantitative estimate of drug-likeness (QED) is 0.752. The summed E-state index contributed by atoms with van der Waals surface area (Å²) in [5, 5.41) is 2.78. The lowest BCUT2D eigenvalue weighted by Gasteiger charge is -2.02. The van der Waals surface area contributed by atoms with Gasteiger partial charge in [-0.2, -0.15) is 8.42 Å². The molecule has 0 saturated heterocycles. The van der Waals surface area contributed by atoms with Gasteiger partial charge in [-0.15, -0.1) is 3.89 Å². The van der Waals surface area contributed by atoms with Crippen molar-refractivity contribution in [3.05, 3.63) is 30.3 Å². The smallest absolute Gasteiger partial charge is 0.304 e. The maximum Gasteiger partial charge on any atom is 0.304 e. The summed E-state index contributed by atoms with van der Waals surface area (Å²) in [4.78, 5) is 0. The van der Waals surface area contributed by atoms with Gasteiger partial charge in [0, 0.05) is 12.2 Å². The fourth-order valence-electron chi connectivity index (χ4n) is 0.873. The molecule has 3 nitrogen and oxygen atoms in total. The number of rotatable bonds is 4. The van der Waals surface area contributed by atoms with Crippen LogP contribution in [0.3, 0.4) is 0 Å². The molecule has 0 heterocycles. The van der Waals surface area contributed by atoms with Crippen LogP contribution in [0.5, 0.6) is 0 Å². The average Bonchev–Trinajstić information content (AvgIpc) is 2.04. The topological polar surface area (TPSA) is 46.2 Å². The summed E-state index contributed by atoms with van der Waals surface area (Å²) in [6.45, 7) is 0.0862. The zero-order valence-electron chi connectivity index (χ0n) is 6.90. The summed E-state index contributed by atoms with van der Waals surface area (Å²) in [6.07, 6.45) is 0. The van der Waals surface area contributed by atoms with E-state index in [1.807, 2.05) is 18.2 Å². The van der Waals surface area contributed by atoms with E-state index in [-0.39, 0.29) is 6.54 Å². The highest BCUT2D eigenvalue weighted by Gasteiger charge is 2.05. The van der Waals surface area contributed by atoms with Gasteiger partial charge in [0.2, 0.25) is 0 Å². The number of hydrogen-bond donors (Lipinski definition) is 1. The Bertz CT molecular complexity index is 350. The summed E-state index contributed by atoms with van der Waals surface area (Å²) < 4.78 is 32.3. The molecule has 0 aliphatic carbocycles. The number of halogens is 1. The number of nitrogens with one attached hydrogen (secondary N) is 1. The minimum absolute atomic E-state index is 0.0862. The van der Waals surface area contributed by atoms with Crippen LogP contribution in [0.4, 0.5) is 9.57 Å². The second kappa shape index (κ2) is 4.23. The summed E-state index contributed by atoms with van der Waals surface area (Å²) in [7, 11) is -4.36. The molecule has 0 bridgehead atoms. The Kier molecular flexibility index (Phi) is 3.25. The van der Waals surface area contributed by atoms with Gasteiger partial charge < -0.3 is 5.32 Å². The highest BCUT2D eigenvalue weighted by Crippen LogP contribution is 2.04. The van der Waals surface area contributed by atoms with Crippen molar-refractivity contribution in [3.63, 3.8) is 0 Å². The van der Waals surface area contributed by atoms with E-state index in [1.165, 1.54) is 0 Å². The Balaban J connectivity index is 2.37. The predicted octanol–water partition coefficient (Wildman–Crippen LogP) is 1.40. The van der Waals surface area contributed by atoms with Crippen molar-refractivity contribution in [2.75, 3.05) is 17.6 Å². The molecule has 1 aromatic rings. The van der Waals surface area contributed by atoms with E-state index in [2.05, 4.69) is 5.32 Å². The molecule has 5 heteroatoms. The lowest BCUT2D eigenvalue weighted by atomic mass is 10.3. The summed E-state index contributed by atoms with van der Waals surface area (Å²) >= 11 is 0. The predicted molar refractivity (Wildman–Crippen MR) is 49.8 cm³/mol. The van der Waals surface area contributed by atoms with E-state index in [0.29, 0.717) is 0 Å². The molecule has 1 aromatic carbocycles. The number of benzene rings is 1. The van der Waals surface area contributed by atoms with Crippen LogP contribution in [-0.2, 0) is 10.2 Å². The van der Waals surface area contributed by atoms with Crippen LogP contribution < -0.4 is 5.32 Å². The molecule has 13 heavy (non-hydrogen) atoms. The van der Waals surface area contributed by atoms with E-state index in [4.69, 9.17) is 0 Å². The van der Waals surface area contributed by atoms with Crippen LogP contribution in [0, 0.1) is 0 Å². The highest BCUT2D eigenvalue weighted by atomic mass is 32.3. The van der Waals surface area contributed by atoms with Gasteiger partial charge in [0.15, 0.2) is 0 Å². The van der Waals surface area contributed by atoms with E-state index >= 15 is 0 Å². The molecule has 0 fully saturated rings. The minimum Gasteiger partial charge on any atom is -0.384 e. The average molecular weight is 203 g/mol. The van der Waals surface area contributed by atoms with Crippen molar-refractivity contribution in [1.29, 1.82) is 0 Å². The van der Waals surface area contributed by atoms with Crippen LogP contribution in [0.25, 0.3) is 0 Å². The van der Waals surface area contributed by atoms with Crippen molar-refractivity contribution >= 4 is 15.9 Å². The van der Waals surface area contributed by atoms with Gasteiger partial charge in [-0.05, 0) is 12.1 Å². The van der Waals surface area contributed by atoms with Gasteiger partial charge in [-0.1, -0.05) is 18.2 Å². The van der Waals surface area contributed by atoms with E-state index < -0.39 is 16.0 Å². The first kappa shape index (κ1) is 9.98. The summed E-state index contributed by atoms with van der Waals surface area (Å²) in [6, 6.07) is 9.03. The second-order valence-corrected chi connectivity index (χ2v) is 4.02.